The van der Waals surface area contributed by atoms with Gasteiger partial charge in [-0.3, -0.25) is 4.79 Å². The fourth-order valence-electron chi connectivity index (χ4n) is 1.98. The van der Waals surface area contributed by atoms with Crippen LogP contribution in [-0.2, 0) is 11.2 Å². The lowest BCUT2D eigenvalue weighted by atomic mass is 10.1. The number of nitrogens with one attached hydrogen (secondary N) is 2. The first-order chi connectivity index (χ1) is 9.63. The first-order valence-corrected chi connectivity index (χ1v) is 6.99. The summed E-state index contributed by atoms with van der Waals surface area (Å²) in [6.45, 7) is 0.715. The molecule has 0 spiro atoms. The van der Waals surface area contributed by atoms with Crippen molar-refractivity contribution in [2.24, 2.45) is 5.92 Å². The Bertz CT molecular complexity index is 467. The van der Waals surface area contributed by atoms with Gasteiger partial charge in [0.2, 0.25) is 0 Å². The molecule has 1 saturated carbocycles. The SMILES string of the molecule is O=C(O)CCc1ccc(NC(=O)NCCC2CC2)cc1. The van der Waals surface area contributed by atoms with Crippen LogP contribution in [0.25, 0.3) is 0 Å². The van der Waals surface area contributed by atoms with E-state index in [1.807, 2.05) is 12.1 Å². The minimum atomic E-state index is -0.803. The average Bonchev–Trinajstić information content (AvgIpc) is 3.22. The van der Waals surface area contributed by atoms with E-state index in [4.69, 9.17) is 5.11 Å². The Hall–Kier alpha value is -2.04. The van der Waals surface area contributed by atoms with Gasteiger partial charge < -0.3 is 15.7 Å². The maximum atomic E-state index is 11.6. The number of carboxylic acid groups (broad SMARTS) is 1. The second-order valence-electron chi connectivity index (χ2n) is 5.20. The van der Waals surface area contributed by atoms with Gasteiger partial charge in [-0.2, -0.15) is 0 Å². The molecule has 1 aromatic carbocycles. The van der Waals surface area contributed by atoms with E-state index in [0.717, 1.165) is 17.9 Å². The van der Waals surface area contributed by atoms with Crippen molar-refractivity contribution in [3.8, 4) is 0 Å². The predicted octanol–water partition coefficient (Wildman–Crippen LogP) is 2.63. The van der Waals surface area contributed by atoms with Crippen LogP contribution in [0.4, 0.5) is 10.5 Å². The van der Waals surface area contributed by atoms with E-state index in [1.165, 1.54) is 12.8 Å². The van der Waals surface area contributed by atoms with Gasteiger partial charge in [0.15, 0.2) is 0 Å². The molecule has 108 valence electrons. The number of benzene rings is 1. The molecule has 0 heterocycles. The molecule has 0 atom stereocenters. The van der Waals surface area contributed by atoms with Crippen molar-refractivity contribution in [3.63, 3.8) is 0 Å². The monoisotopic (exact) mass is 276 g/mol. The predicted molar refractivity (Wildman–Crippen MR) is 76.8 cm³/mol. The molecule has 1 fully saturated rings. The Balaban J connectivity index is 1.71. The lowest BCUT2D eigenvalue weighted by Gasteiger charge is -2.08. The van der Waals surface area contributed by atoms with Crippen molar-refractivity contribution >= 4 is 17.7 Å². The van der Waals surface area contributed by atoms with Gasteiger partial charge in [-0.1, -0.05) is 25.0 Å². The van der Waals surface area contributed by atoms with Crippen molar-refractivity contribution in [1.82, 2.24) is 5.32 Å². The topological polar surface area (TPSA) is 78.4 Å². The zero-order chi connectivity index (χ0) is 14.4. The Morgan fingerprint density at radius 1 is 1.20 bits per heavy atom. The lowest BCUT2D eigenvalue weighted by Crippen LogP contribution is -2.29. The number of aryl methyl sites for hydroxylation is 1. The van der Waals surface area contributed by atoms with Crippen LogP contribution < -0.4 is 10.6 Å². The molecule has 1 aliphatic rings. The zero-order valence-electron chi connectivity index (χ0n) is 11.4. The molecular weight excluding hydrogens is 256 g/mol. The van der Waals surface area contributed by atoms with Crippen molar-refractivity contribution in [2.75, 3.05) is 11.9 Å². The number of aliphatic carboxylic acids is 1. The van der Waals surface area contributed by atoms with Gasteiger partial charge in [0.05, 0.1) is 0 Å². The Labute approximate surface area is 118 Å². The molecule has 1 aliphatic carbocycles. The second kappa shape index (κ2) is 6.93. The first-order valence-electron chi connectivity index (χ1n) is 6.99. The van der Waals surface area contributed by atoms with E-state index in [9.17, 15) is 9.59 Å². The van der Waals surface area contributed by atoms with Crippen LogP contribution in [0, 0.1) is 5.92 Å². The molecule has 0 aliphatic heterocycles. The van der Waals surface area contributed by atoms with Crippen LogP contribution in [0.15, 0.2) is 24.3 Å². The Morgan fingerprint density at radius 2 is 1.90 bits per heavy atom. The van der Waals surface area contributed by atoms with Gasteiger partial charge >= 0.3 is 12.0 Å². The average molecular weight is 276 g/mol. The molecule has 0 bridgehead atoms. The van der Waals surface area contributed by atoms with Gasteiger partial charge in [0, 0.05) is 18.7 Å². The normalized spacial score (nSPS) is 13.8. The van der Waals surface area contributed by atoms with Crippen LogP contribution in [0.5, 0.6) is 0 Å². The summed E-state index contributed by atoms with van der Waals surface area (Å²) >= 11 is 0. The zero-order valence-corrected chi connectivity index (χ0v) is 11.4. The Kier molecular flexibility index (Phi) is 4.98. The quantitative estimate of drug-likeness (QED) is 0.716. The highest BCUT2D eigenvalue weighted by molar-refractivity contribution is 5.89. The lowest BCUT2D eigenvalue weighted by molar-refractivity contribution is -0.136. The minimum Gasteiger partial charge on any atom is -0.481 e. The summed E-state index contributed by atoms with van der Waals surface area (Å²) in [6, 6.07) is 7.06. The molecule has 5 nitrogen and oxygen atoms in total. The maximum absolute atomic E-state index is 11.6. The molecule has 0 unspecified atom stereocenters. The number of carboxylic acids is 1. The van der Waals surface area contributed by atoms with Crippen LogP contribution in [-0.4, -0.2) is 23.7 Å². The summed E-state index contributed by atoms with van der Waals surface area (Å²) in [5.74, 6) is 0.00561. The van der Waals surface area contributed by atoms with Crippen molar-refractivity contribution < 1.29 is 14.7 Å². The van der Waals surface area contributed by atoms with Crippen molar-refractivity contribution in [1.29, 1.82) is 0 Å². The third-order valence-electron chi connectivity index (χ3n) is 3.37. The number of carbonyl (C=O) groups is 2. The van der Waals surface area contributed by atoms with Crippen molar-refractivity contribution in [3.05, 3.63) is 29.8 Å². The number of urea groups is 1. The number of anilines is 1. The number of carbonyl (C=O) groups excluding carboxylic acids is 1. The van der Waals surface area contributed by atoms with E-state index in [0.29, 0.717) is 18.7 Å². The molecule has 0 aromatic heterocycles. The largest absolute Gasteiger partial charge is 0.481 e. The van der Waals surface area contributed by atoms with E-state index in [2.05, 4.69) is 10.6 Å². The van der Waals surface area contributed by atoms with Gasteiger partial charge in [0.25, 0.3) is 0 Å². The number of amides is 2. The minimum absolute atomic E-state index is 0.119. The van der Waals surface area contributed by atoms with Gasteiger partial charge in [-0.25, -0.2) is 4.79 Å². The van der Waals surface area contributed by atoms with E-state index in [1.54, 1.807) is 12.1 Å². The smallest absolute Gasteiger partial charge is 0.319 e. The molecule has 5 heteroatoms. The summed E-state index contributed by atoms with van der Waals surface area (Å²) in [5.41, 5.74) is 1.67. The van der Waals surface area contributed by atoms with E-state index < -0.39 is 5.97 Å². The molecule has 20 heavy (non-hydrogen) atoms. The molecule has 2 amide bonds. The number of hydrogen-bond acceptors (Lipinski definition) is 2. The summed E-state index contributed by atoms with van der Waals surface area (Å²) < 4.78 is 0. The molecular formula is C15H20N2O3. The number of rotatable bonds is 7. The molecule has 2 rings (SSSR count). The van der Waals surface area contributed by atoms with Crippen LogP contribution in [0.1, 0.15) is 31.2 Å². The summed E-state index contributed by atoms with van der Waals surface area (Å²) in [6.07, 6.45) is 4.27. The molecule has 1 aromatic rings. The van der Waals surface area contributed by atoms with Gasteiger partial charge in [0.1, 0.15) is 0 Å². The van der Waals surface area contributed by atoms with Gasteiger partial charge in [-0.05, 0) is 36.5 Å². The first kappa shape index (κ1) is 14.4. The highest BCUT2D eigenvalue weighted by Crippen LogP contribution is 2.31. The fourth-order valence-corrected chi connectivity index (χ4v) is 1.98. The summed E-state index contributed by atoms with van der Waals surface area (Å²) in [4.78, 5) is 22.1. The van der Waals surface area contributed by atoms with Crippen molar-refractivity contribution in [2.45, 2.75) is 32.1 Å². The highest BCUT2D eigenvalue weighted by atomic mass is 16.4. The third-order valence-corrected chi connectivity index (χ3v) is 3.37. The third kappa shape index (κ3) is 5.30. The van der Waals surface area contributed by atoms with Crippen LogP contribution in [0.3, 0.4) is 0 Å². The number of hydrogen-bond donors (Lipinski definition) is 3. The van der Waals surface area contributed by atoms with Gasteiger partial charge in [-0.15, -0.1) is 0 Å². The summed E-state index contributed by atoms with van der Waals surface area (Å²) in [7, 11) is 0. The Morgan fingerprint density at radius 3 is 2.50 bits per heavy atom. The molecule has 0 saturated heterocycles. The fraction of sp³-hybridized carbons (Fsp3) is 0.467. The van der Waals surface area contributed by atoms with Crippen LogP contribution in [0.2, 0.25) is 0 Å². The van der Waals surface area contributed by atoms with E-state index >= 15 is 0 Å². The van der Waals surface area contributed by atoms with Crippen LogP contribution >= 0.6 is 0 Å². The highest BCUT2D eigenvalue weighted by Gasteiger charge is 2.20. The second-order valence-corrected chi connectivity index (χ2v) is 5.20. The molecule has 3 N–H and O–H groups in total. The molecule has 0 radical (unpaired) electrons. The standard InChI is InChI=1S/C15H20N2O3/c18-14(19)8-5-11-3-6-13(7-4-11)17-15(20)16-10-9-12-1-2-12/h3-4,6-7,12H,1-2,5,8-10H2,(H,18,19)(H2,16,17,20). The summed E-state index contributed by atoms with van der Waals surface area (Å²) in [5, 5.41) is 14.2. The maximum Gasteiger partial charge on any atom is 0.319 e. The van der Waals surface area contributed by atoms with E-state index in [-0.39, 0.29) is 12.5 Å².